The fourth-order valence-electron chi connectivity index (χ4n) is 2.81. The SMILES string of the molecule is Clc1ccc(Nc2ccc(N3CCOCC3)cc2)c2nccn12. The maximum atomic E-state index is 6.16. The maximum absolute atomic E-state index is 6.16. The molecule has 1 saturated heterocycles. The van der Waals surface area contributed by atoms with Crippen molar-refractivity contribution in [1.29, 1.82) is 0 Å². The highest BCUT2D eigenvalue weighted by molar-refractivity contribution is 6.29. The Kier molecular flexibility index (Phi) is 3.81. The second-order valence-electron chi connectivity index (χ2n) is 5.46. The van der Waals surface area contributed by atoms with Crippen molar-refractivity contribution in [1.82, 2.24) is 9.38 Å². The molecule has 1 N–H and O–H groups in total. The van der Waals surface area contributed by atoms with Gasteiger partial charge in [-0.1, -0.05) is 11.6 Å². The van der Waals surface area contributed by atoms with Crippen molar-refractivity contribution in [3.8, 4) is 0 Å². The first-order valence-electron chi connectivity index (χ1n) is 7.62. The van der Waals surface area contributed by atoms with Crippen molar-refractivity contribution in [3.63, 3.8) is 0 Å². The van der Waals surface area contributed by atoms with Crippen LogP contribution in [0.25, 0.3) is 5.65 Å². The van der Waals surface area contributed by atoms with Gasteiger partial charge in [-0.3, -0.25) is 4.40 Å². The molecule has 5 nitrogen and oxygen atoms in total. The largest absolute Gasteiger partial charge is 0.378 e. The van der Waals surface area contributed by atoms with E-state index in [-0.39, 0.29) is 0 Å². The van der Waals surface area contributed by atoms with Crippen molar-refractivity contribution < 1.29 is 4.74 Å². The minimum Gasteiger partial charge on any atom is -0.378 e. The molecular weight excluding hydrogens is 312 g/mol. The molecule has 6 heteroatoms. The number of anilines is 3. The number of nitrogens with zero attached hydrogens (tertiary/aromatic N) is 3. The van der Waals surface area contributed by atoms with E-state index in [4.69, 9.17) is 16.3 Å². The molecule has 1 aliphatic rings. The van der Waals surface area contributed by atoms with Gasteiger partial charge >= 0.3 is 0 Å². The van der Waals surface area contributed by atoms with Gasteiger partial charge in [-0.2, -0.15) is 0 Å². The standard InChI is InChI=1S/C17H17ClN4O/c18-16-6-5-15(17-19-7-8-22(16)17)20-13-1-3-14(4-2-13)21-9-11-23-12-10-21/h1-8,20H,9-12H2. The molecule has 3 aromatic rings. The fourth-order valence-corrected chi connectivity index (χ4v) is 3.01. The number of ether oxygens (including phenoxy) is 1. The van der Waals surface area contributed by atoms with Gasteiger partial charge < -0.3 is 15.0 Å². The minimum atomic E-state index is 0.644. The lowest BCUT2D eigenvalue weighted by atomic mass is 10.2. The number of aromatic nitrogens is 2. The number of benzene rings is 1. The summed E-state index contributed by atoms with van der Waals surface area (Å²) in [6.07, 6.45) is 3.60. The molecule has 3 heterocycles. The Balaban J connectivity index is 1.56. The van der Waals surface area contributed by atoms with Gasteiger partial charge in [0.25, 0.3) is 0 Å². The summed E-state index contributed by atoms with van der Waals surface area (Å²) in [6.45, 7) is 3.47. The van der Waals surface area contributed by atoms with Crippen molar-refractivity contribution in [2.24, 2.45) is 0 Å². The number of fused-ring (bicyclic) bond motifs is 1. The van der Waals surface area contributed by atoms with Gasteiger partial charge in [-0.15, -0.1) is 0 Å². The quantitative estimate of drug-likeness (QED) is 0.746. The molecule has 0 unspecified atom stereocenters. The van der Waals surface area contributed by atoms with Gasteiger partial charge in [0.2, 0.25) is 0 Å². The molecule has 4 rings (SSSR count). The number of morpholine rings is 1. The van der Waals surface area contributed by atoms with E-state index in [0.717, 1.165) is 43.3 Å². The van der Waals surface area contributed by atoms with E-state index in [0.29, 0.717) is 5.15 Å². The molecule has 0 radical (unpaired) electrons. The first-order chi connectivity index (χ1) is 11.3. The molecule has 1 fully saturated rings. The predicted octanol–water partition coefficient (Wildman–Crippen LogP) is 3.57. The third-order valence-electron chi connectivity index (χ3n) is 4.02. The van der Waals surface area contributed by atoms with Crippen molar-refractivity contribution >= 4 is 34.3 Å². The van der Waals surface area contributed by atoms with Crippen LogP contribution in [0, 0.1) is 0 Å². The average Bonchev–Trinajstić information content (AvgIpc) is 3.10. The van der Waals surface area contributed by atoms with Crippen molar-refractivity contribution in [3.05, 3.63) is 53.9 Å². The lowest BCUT2D eigenvalue weighted by molar-refractivity contribution is 0.122. The molecule has 1 aliphatic heterocycles. The summed E-state index contributed by atoms with van der Waals surface area (Å²) >= 11 is 6.16. The van der Waals surface area contributed by atoms with Gasteiger partial charge in [0.1, 0.15) is 5.15 Å². The van der Waals surface area contributed by atoms with Gasteiger partial charge in [-0.25, -0.2) is 4.98 Å². The Labute approximate surface area is 139 Å². The molecule has 0 aliphatic carbocycles. The summed E-state index contributed by atoms with van der Waals surface area (Å²) in [5.41, 5.74) is 3.99. The lowest BCUT2D eigenvalue weighted by Gasteiger charge is -2.28. The fraction of sp³-hybridized carbons (Fsp3) is 0.235. The van der Waals surface area contributed by atoms with Crippen LogP contribution in [0.4, 0.5) is 17.1 Å². The van der Waals surface area contributed by atoms with E-state index < -0.39 is 0 Å². The number of hydrogen-bond donors (Lipinski definition) is 1. The third-order valence-corrected chi connectivity index (χ3v) is 4.33. The number of halogens is 1. The highest BCUT2D eigenvalue weighted by Crippen LogP contribution is 2.26. The molecule has 1 aromatic carbocycles. The van der Waals surface area contributed by atoms with E-state index in [1.54, 1.807) is 6.20 Å². The summed E-state index contributed by atoms with van der Waals surface area (Å²) in [6, 6.07) is 12.2. The Morgan fingerprint density at radius 3 is 2.61 bits per heavy atom. The normalized spacial score (nSPS) is 15.1. The van der Waals surface area contributed by atoms with E-state index in [1.807, 2.05) is 22.7 Å². The number of imidazole rings is 1. The highest BCUT2D eigenvalue weighted by atomic mass is 35.5. The second-order valence-corrected chi connectivity index (χ2v) is 5.85. The summed E-state index contributed by atoms with van der Waals surface area (Å²) in [7, 11) is 0. The topological polar surface area (TPSA) is 41.8 Å². The van der Waals surface area contributed by atoms with Crippen LogP contribution in [-0.4, -0.2) is 35.7 Å². The minimum absolute atomic E-state index is 0.644. The Morgan fingerprint density at radius 1 is 1.04 bits per heavy atom. The van der Waals surface area contributed by atoms with E-state index in [9.17, 15) is 0 Å². The predicted molar refractivity (Wildman–Crippen MR) is 93.0 cm³/mol. The average molecular weight is 329 g/mol. The van der Waals surface area contributed by atoms with Crippen LogP contribution in [0.1, 0.15) is 0 Å². The van der Waals surface area contributed by atoms with Crippen LogP contribution in [0.5, 0.6) is 0 Å². The number of pyridine rings is 1. The van der Waals surface area contributed by atoms with Crippen molar-refractivity contribution in [2.75, 3.05) is 36.5 Å². The zero-order valence-corrected chi connectivity index (χ0v) is 13.3. The van der Waals surface area contributed by atoms with E-state index in [2.05, 4.69) is 39.5 Å². The zero-order chi connectivity index (χ0) is 15.6. The van der Waals surface area contributed by atoms with Gasteiger partial charge in [0.05, 0.1) is 18.9 Å². The van der Waals surface area contributed by atoms with Crippen LogP contribution in [0.15, 0.2) is 48.8 Å². The lowest BCUT2D eigenvalue weighted by Crippen LogP contribution is -2.36. The third kappa shape index (κ3) is 2.85. The zero-order valence-electron chi connectivity index (χ0n) is 12.6. The maximum Gasteiger partial charge on any atom is 0.161 e. The summed E-state index contributed by atoms with van der Waals surface area (Å²) < 4.78 is 7.25. The van der Waals surface area contributed by atoms with Gasteiger partial charge in [0.15, 0.2) is 5.65 Å². The molecule has 0 saturated carbocycles. The molecular formula is C17H17ClN4O. The number of hydrogen-bond acceptors (Lipinski definition) is 4. The highest BCUT2D eigenvalue weighted by Gasteiger charge is 2.11. The smallest absolute Gasteiger partial charge is 0.161 e. The first kappa shape index (κ1) is 14.4. The summed E-state index contributed by atoms with van der Waals surface area (Å²) in [4.78, 5) is 6.70. The number of rotatable bonds is 3. The van der Waals surface area contributed by atoms with Crippen LogP contribution < -0.4 is 10.2 Å². The van der Waals surface area contributed by atoms with Crippen molar-refractivity contribution in [2.45, 2.75) is 0 Å². The van der Waals surface area contributed by atoms with E-state index >= 15 is 0 Å². The van der Waals surface area contributed by atoms with Crippen LogP contribution in [-0.2, 0) is 4.74 Å². The molecule has 0 amide bonds. The monoisotopic (exact) mass is 328 g/mol. The number of nitrogens with one attached hydrogen (secondary N) is 1. The summed E-state index contributed by atoms with van der Waals surface area (Å²) in [5, 5.41) is 4.05. The Bertz CT molecular complexity index is 809. The molecule has 0 spiro atoms. The summed E-state index contributed by atoms with van der Waals surface area (Å²) in [5.74, 6) is 0. The van der Waals surface area contributed by atoms with Crippen LogP contribution >= 0.6 is 11.6 Å². The second kappa shape index (κ2) is 6.10. The Morgan fingerprint density at radius 2 is 1.83 bits per heavy atom. The molecule has 23 heavy (non-hydrogen) atoms. The first-order valence-corrected chi connectivity index (χ1v) is 8.00. The molecule has 0 atom stereocenters. The van der Waals surface area contributed by atoms with Gasteiger partial charge in [0, 0.05) is 36.9 Å². The van der Waals surface area contributed by atoms with Gasteiger partial charge in [-0.05, 0) is 36.4 Å². The Hall–Kier alpha value is -2.24. The molecule has 2 aromatic heterocycles. The van der Waals surface area contributed by atoms with Crippen LogP contribution in [0.3, 0.4) is 0 Å². The molecule has 118 valence electrons. The van der Waals surface area contributed by atoms with Crippen LogP contribution in [0.2, 0.25) is 5.15 Å². The molecule has 0 bridgehead atoms. The van der Waals surface area contributed by atoms with E-state index in [1.165, 1.54) is 5.69 Å².